The molecule has 0 unspecified atom stereocenters. The molecule has 6 nitrogen and oxygen atoms in total. The molecule has 1 saturated heterocycles. The topological polar surface area (TPSA) is 75.5 Å². The average molecular weight is 501 g/mol. The largest absolute Gasteiger partial charge is 0.494 e. The summed E-state index contributed by atoms with van der Waals surface area (Å²) in [5.74, 6) is -1.72. The van der Waals surface area contributed by atoms with Crippen LogP contribution in [-0.2, 0) is 12.6 Å². The van der Waals surface area contributed by atoms with Crippen LogP contribution in [0.15, 0.2) is 24.4 Å². The molecule has 0 spiro atoms. The zero-order chi connectivity index (χ0) is 26.1. The van der Waals surface area contributed by atoms with Crippen molar-refractivity contribution in [2.45, 2.75) is 44.6 Å². The zero-order valence-corrected chi connectivity index (χ0v) is 18.9. The third kappa shape index (κ3) is 5.28. The molecule has 12 heteroatoms. The van der Waals surface area contributed by atoms with Crippen molar-refractivity contribution in [2.24, 2.45) is 0 Å². The smallest absolute Gasteiger partial charge is 0.425 e. The number of hydrogen-bond donors (Lipinski definition) is 0. The van der Waals surface area contributed by atoms with Crippen LogP contribution in [-0.4, -0.2) is 48.3 Å². The van der Waals surface area contributed by atoms with Crippen LogP contribution in [0.2, 0.25) is 0 Å². The maximum atomic E-state index is 13.2. The van der Waals surface area contributed by atoms with E-state index in [1.807, 2.05) is 6.07 Å². The lowest BCUT2D eigenvalue weighted by Gasteiger charge is -2.40. The molecule has 1 aromatic carbocycles. The van der Waals surface area contributed by atoms with E-state index in [2.05, 4.69) is 4.98 Å². The second-order valence-electron chi connectivity index (χ2n) is 7.96. The number of benzene rings is 1. The Morgan fingerprint density at radius 3 is 2.43 bits per heavy atom. The monoisotopic (exact) mass is 501 g/mol. The van der Waals surface area contributed by atoms with E-state index >= 15 is 0 Å². The fraction of sp³-hybridized carbons (Fsp3) is 0.435. The van der Waals surface area contributed by atoms with Crippen LogP contribution in [0.1, 0.15) is 52.5 Å². The summed E-state index contributed by atoms with van der Waals surface area (Å²) in [6.07, 6.45) is -10.4. The molecule has 3 rings (SSSR count). The number of ether oxygens (including phenoxy) is 2. The minimum atomic E-state index is -4.70. The van der Waals surface area contributed by atoms with Crippen molar-refractivity contribution in [3.05, 3.63) is 52.3 Å². The number of hydrogen-bond acceptors (Lipinski definition) is 5. The van der Waals surface area contributed by atoms with Gasteiger partial charge in [0.15, 0.2) is 11.9 Å². The van der Waals surface area contributed by atoms with Crippen LogP contribution in [0.25, 0.3) is 0 Å². The Kier molecular flexibility index (Phi) is 7.19. The summed E-state index contributed by atoms with van der Waals surface area (Å²) in [7, 11) is 1.17. The number of nitriles is 1. The zero-order valence-electron chi connectivity index (χ0n) is 18.9. The number of halogens is 6. The Morgan fingerprint density at radius 1 is 1.26 bits per heavy atom. The lowest BCUT2D eigenvalue weighted by atomic mass is 9.90. The SMILES string of the molecule is CCc1cc(C(F)(F)F)cnc1C1CN(C(=O)c2c(O[C@@H](C)C(F)(F)F)ccc(C#N)c2OC)C1. The lowest BCUT2D eigenvalue weighted by molar-refractivity contribution is -0.189. The Balaban J connectivity index is 1.89. The van der Waals surface area contributed by atoms with Crippen molar-refractivity contribution in [3.63, 3.8) is 0 Å². The summed E-state index contributed by atoms with van der Waals surface area (Å²) in [6, 6.07) is 5.13. The molecule has 0 N–H and O–H groups in total. The second-order valence-corrected chi connectivity index (χ2v) is 7.96. The third-order valence-electron chi connectivity index (χ3n) is 5.69. The van der Waals surface area contributed by atoms with E-state index in [9.17, 15) is 36.4 Å². The van der Waals surface area contributed by atoms with Gasteiger partial charge in [0.05, 0.1) is 23.9 Å². The lowest BCUT2D eigenvalue weighted by Crippen LogP contribution is -2.49. The first-order chi connectivity index (χ1) is 16.3. The number of amides is 1. The summed E-state index contributed by atoms with van der Waals surface area (Å²) in [6.45, 7) is 2.60. The molecule has 1 aromatic heterocycles. The van der Waals surface area contributed by atoms with Crippen molar-refractivity contribution in [3.8, 4) is 17.6 Å². The quantitative estimate of drug-likeness (QED) is 0.514. The number of aromatic nitrogens is 1. The van der Waals surface area contributed by atoms with Gasteiger partial charge < -0.3 is 14.4 Å². The van der Waals surface area contributed by atoms with E-state index in [1.165, 1.54) is 18.1 Å². The normalized spacial score (nSPS) is 15.3. The Labute approximate surface area is 197 Å². The number of carbonyl (C=O) groups excluding carboxylic acids is 1. The molecular weight excluding hydrogens is 480 g/mol. The van der Waals surface area contributed by atoms with E-state index in [4.69, 9.17) is 9.47 Å². The van der Waals surface area contributed by atoms with Gasteiger partial charge in [0.1, 0.15) is 17.4 Å². The summed E-state index contributed by atoms with van der Waals surface area (Å²) < 4.78 is 88.4. The number of alkyl halides is 6. The van der Waals surface area contributed by atoms with Crippen LogP contribution >= 0.6 is 0 Å². The molecule has 0 radical (unpaired) electrons. The first kappa shape index (κ1) is 26.1. The highest BCUT2D eigenvalue weighted by atomic mass is 19.4. The third-order valence-corrected chi connectivity index (χ3v) is 5.69. The van der Waals surface area contributed by atoms with Crippen molar-refractivity contribution in [2.75, 3.05) is 20.2 Å². The first-order valence-electron chi connectivity index (χ1n) is 10.5. The maximum absolute atomic E-state index is 13.2. The van der Waals surface area contributed by atoms with Gasteiger partial charge in [-0.15, -0.1) is 0 Å². The van der Waals surface area contributed by atoms with Gasteiger partial charge in [-0.2, -0.15) is 31.6 Å². The van der Waals surface area contributed by atoms with Gasteiger partial charge in [-0.25, -0.2) is 0 Å². The van der Waals surface area contributed by atoms with Gasteiger partial charge in [0.25, 0.3) is 5.91 Å². The average Bonchev–Trinajstić information content (AvgIpc) is 2.76. The van der Waals surface area contributed by atoms with Crippen LogP contribution in [0, 0.1) is 11.3 Å². The first-order valence-corrected chi connectivity index (χ1v) is 10.5. The second kappa shape index (κ2) is 9.64. The van der Waals surface area contributed by atoms with Crippen LogP contribution in [0.5, 0.6) is 11.5 Å². The Bertz CT molecular complexity index is 1150. The minimum absolute atomic E-state index is 0.0679. The Hall–Kier alpha value is -3.49. The van der Waals surface area contributed by atoms with Crippen LogP contribution < -0.4 is 9.47 Å². The summed E-state index contributed by atoms with van der Waals surface area (Å²) >= 11 is 0. The van der Waals surface area contributed by atoms with Crippen molar-refractivity contribution >= 4 is 5.91 Å². The summed E-state index contributed by atoms with van der Waals surface area (Å²) in [5, 5.41) is 9.33. The van der Waals surface area contributed by atoms with E-state index in [-0.39, 0.29) is 35.9 Å². The van der Waals surface area contributed by atoms with Crippen molar-refractivity contribution in [1.82, 2.24) is 9.88 Å². The number of pyridine rings is 1. The van der Waals surface area contributed by atoms with Gasteiger partial charge >= 0.3 is 12.4 Å². The number of carbonyl (C=O) groups is 1. The van der Waals surface area contributed by atoms with Crippen molar-refractivity contribution < 1.29 is 40.6 Å². The summed E-state index contributed by atoms with van der Waals surface area (Å²) in [5.41, 5.74) is -0.466. The van der Waals surface area contributed by atoms with E-state index in [0.717, 1.165) is 25.3 Å². The minimum Gasteiger partial charge on any atom is -0.494 e. The molecule has 2 aromatic rings. The molecule has 188 valence electrons. The molecule has 1 atom stereocenters. The number of aryl methyl sites for hydroxylation is 1. The highest BCUT2D eigenvalue weighted by Gasteiger charge is 2.41. The van der Waals surface area contributed by atoms with Crippen LogP contribution in [0.4, 0.5) is 26.3 Å². The molecule has 1 aliphatic rings. The van der Waals surface area contributed by atoms with Gasteiger partial charge in [-0.05, 0) is 37.1 Å². The van der Waals surface area contributed by atoms with Gasteiger partial charge in [-0.1, -0.05) is 6.92 Å². The maximum Gasteiger partial charge on any atom is 0.425 e. The molecule has 35 heavy (non-hydrogen) atoms. The summed E-state index contributed by atoms with van der Waals surface area (Å²) in [4.78, 5) is 18.5. The fourth-order valence-corrected chi connectivity index (χ4v) is 3.72. The van der Waals surface area contributed by atoms with Crippen molar-refractivity contribution in [1.29, 1.82) is 5.26 Å². The molecule has 0 saturated carbocycles. The molecule has 1 amide bonds. The van der Waals surface area contributed by atoms with E-state index in [0.29, 0.717) is 17.7 Å². The number of rotatable bonds is 6. The molecular formula is C23H21F6N3O3. The highest BCUT2D eigenvalue weighted by molar-refractivity contribution is 6.01. The predicted octanol–water partition coefficient (Wildman–Crippen LogP) is 5.11. The Morgan fingerprint density at radius 2 is 1.91 bits per heavy atom. The highest BCUT2D eigenvalue weighted by Crippen LogP contribution is 2.39. The van der Waals surface area contributed by atoms with Crippen LogP contribution in [0.3, 0.4) is 0 Å². The molecule has 0 bridgehead atoms. The molecule has 1 fully saturated rings. The van der Waals surface area contributed by atoms with Gasteiger partial charge in [0, 0.05) is 25.2 Å². The predicted molar refractivity (Wildman–Crippen MR) is 111 cm³/mol. The van der Waals surface area contributed by atoms with Gasteiger partial charge in [-0.3, -0.25) is 9.78 Å². The molecule has 0 aliphatic carbocycles. The fourth-order valence-electron chi connectivity index (χ4n) is 3.72. The van der Waals surface area contributed by atoms with E-state index in [1.54, 1.807) is 6.92 Å². The molecule has 2 heterocycles. The number of methoxy groups -OCH3 is 1. The standard InChI is InChI=1S/C23H21F6N3O3/c1-4-13-7-16(23(27,28)29)9-31-19(13)15-10-32(11-15)21(33)18-17(35-12(2)22(24,25)26)6-5-14(8-30)20(18)34-3/h5-7,9,12,15H,4,10-11H2,1-3H3/t12-/m0/s1. The number of nitrogens with zero attached hydrogens (tertiary/aromatic N) is 3. The number of likely N-dealkylation sites (tertiary alicyclic amines) is 1. The molecule has 1 aliphatic heterocycles. The van der Waals surface area contributed by atoms with E-state index < -0.39 is 35.7 Å². The van der Waals surface area contributed by atoms with Gasteiger partial charge in [0.2, 0.25) is 0 Å².